The van der Waals surface area contributed by atoms with Gasteiger partial charge in [0.2, 0.25) is 0 Å². The summed E-state index contributed by atoms with van der Waals surface area (Å²) in [6, 6.07) is 5.33. The van der Waals surface area contributed by atoms with Crippen LogP contribution in [0.15, 0.2) is 23.5 Å². The number of benzene rings is 1. The van der Waals surface area contributed by atoms with Crippen molar-refractivity contribution in [1.82, 2.24) is 19.9 Å². The molecule has 38 heavy (non-hydrogen) atoms. The molecule has 1 saturated heterocycles. The third-order valence-electron chi connectivity index (χ3n) is 5.95. The van der Waals surface area contributed by atoms with Crippen molar-refractivity contribution in [2.24, 2.45) is 0 Å². The van der Waals surface area contributed by atoms with Crippen LogP contribution >= 0.6 is 23.4 Å². The van der Waals surface area contributed by atoms with Gasteiger partial charge in [-0.2, -0.15) is 5.26 Å². The first-order chi connectivity index (χ1) is 18.2. The zero-order chi connectivity index (χ0) is 27.4. The van der Waals surface area contributed by atoms with Crippen LogP contribution in [0, 0.1) is 11.3 Å². The molecular formula is C25H26ClF2N5O4S. The van der Waals surface area contributed by atoms with Crippen LogP contribution in [0.25, 0.3) is 22.3 Å². The first-order valence-corrected chi connectivity index (χ1v) is 13.1. The molecule has 9 nitrogen and oxygen atoms in total. The number of nitrogens with one attached hydrogen (secondary N) is 1. The summed E-state index contributed by atoms with van der Waals surface area (Å²) in [6.07, 6.45) is 1.35. The minimum absolute atomic E-state index is 0.151. The Kier molecular flexibility index (Phi) is 8.60. The van der Waals surface area contributed by atoms with E-state index < -0.39 is 17.1 Å². The fourth-order valence-electron chi connectivity index (χ4n) is 4.09. The van der Waals surface area contributed by atoms with Gasteiger partial charge in [-0.1, -0.05) is 23.4 Å². The highest BCUT2D eigenvalue weighted by atomic mass is 35.5. The predicted molar refractivity (Wildman–Crippen MR) is 139 cm³/mol. The van der Waals surface area contributed by atoms with Gasteiger partial charge in [-0.25, -0.2) is 18.7 Å². The van der Waals surface area contributed by atoms with Gasteiger partial charge in [0, 0.05) is 37.3 Å². The third-order valence-corrected chi connectivity index (χ3v) is 7.21. The van der Waals surface area contributed by atoms with Crippen LogP contribution in [0.3, 0.4) is 0 Å². The molecule has 3 aromatic rings. The van der Waals surface area contributed by atoms with Crippen molar-refractivity contribution < 1.29 is 27.8 Å². The van der Waals surface area contributed by atoms with E-state index >= 15 is 0 Å². The second kappa shape index (κ2) is 11.7. The Morgan fingerprint density at radius 1 is 1.37 bits per heavy atom. The molecule has 2 aromatic heterocycles. The van der Waals surface area contributed by atoms with Gasteiger partial charge in [-0.05, 0) is 19.9 Å². The Morgan fingerprint density at radius 2 is 2.16 bits per heavy atom. The van der Waals surface area contributed by atoms with E-state index in [0.717, 1.165) is 11.8 Å². The molecule has 0 amide bonds. The smallest absolute Gasteiger partial charge is 0.319 e. The maximum Gasteiger partial charge on any atom is 0.319 e. The number of likely N-dealkylation sites (tertiary alicyclic amines) is 1. The van der Waals surface area contributed by atoms with Gasteiger partial charge in [0.05, 0.1) is 41.9 Å². The van der Waals surface area contributed by atoms with Gasteiger partial charge in [-0.15, -0.1) is 0 Å². The topological polar surface area (TPSA) is 113 Å². The van der Waals surface area contributed by atoms with Crippen LogP contribution in [-0.4, -0.2) is 77.0 Å². The van der Waals surface area contributed by atoms with E-state index in [9.17, 15) is 18.8 Å². The molecule has 0 radical (unpaired) electrons. The standard InChI is InChI=1S/C25H26ClF2N5O4S/c1-4-36-23(34)14(2)38-24-31-21(20-15(11-29)12-30-22(20)32-24)16-9-19(18(35-3)10-17(16)26)37-8-7-33-6-5-25(27,28)13-33/h9-10,12,14H,4-8,13H2,1-3H3,(H,30,31,32). The van der Waals surface area contributed by atoms with Crippen LogP contribution in [0.1, 0.15) is 25.8 Å². The number of fused-ring (bicyclic) bond motifs is 1. The average Bonchev–Trinajstić information content (AvgIpc) is 3.46. The van der Waals surface area contributed by atoms with Crippen molar-refractivity contribution in [3.63, 3.8) is 0 Å². The van der Waals surface area contributed by atoms with Crippen LogP contribution in [0.4, 0.5) is 8.78 Å². The van der Waals surface area contributed by atoms with Crippen molar-refractivity contribution in [3.05, 3.63) is 28.9 Å². The number of methoxy groups -OCH3 is 1. The summed E-state index contributed by atoms with van der Waals surface area (Å²) >= 11 is 7.75. The van der Waals surface area contributed by atoms with E-state index in [1.54, 1.807) is 30.9 Å². The molecule has 1 N–H and O–H groups in total. The number of rotatable bonds is 10. The Bertz CT molecular complexity index is 1380. The van der Waals surface area contributed by atoms with Crippen LogP contribution in [-0.2, 0) is 9.53 Å². The van der Waals surface area contributed by atoms with Crippen molar-refractivity contribution in [1.29, 1.82) is 5.26 Å². The van der Waals surface area contributed by atoms with E-state index in [4.69, 9.17) is 25.8 Å². The van der Waals surface area contributed by atoms with Crippen molar-refractivity contribution >= 4 is 40.4 Å². The summed E-state index contributed by atoms with van der Waals surface area (Å²) in [5.41, 5.74) is 1.52. The lowest BCUT2D eigenvalue weighted by Crippen LogP contribution is -2.29. The molecule has 0 bridgehead atoms. The number of nitriles is 1. The number of aromatic nitrogens is 3. The Labute approximate surface area is 227 Å². The number of carbonyl (C=O) groups is 1. The van der Waals surface area contributed by atoms with Crippen molar-refractivity contribution in [3.8, 4) is 28.8 Å². The largest absolute Gasteiger partial charge is 0.493 e. The fourth-order valence-corrected chi connectivity index (χ4v) is 5.10. The minimum atomic E-state index is -2.68. The van der Waals surface area contributed by atoms with Gasteiger partial charge in [0.15, 0.2) is 16.7 Å². The van der Waals surface area contributed by atoms with E-state index in [-0.39, 0.29) is 36.4 Å². The summed E-state index contributed by atoms with van der Waals surface area (Å²) in [4.78, 5) is 25.9. The SMILES string of the molecule is CCOC(=O)C(C)Sc1nc(-c2cc(OCCN3CCC(F)(F)C3)c(OC)cc2Cl)c2c(C#N)c[nH]c2n1. The Hall–Kier alpha value is -3.14. The highest BCUT2D eigenvalue weighted by molar-refractivity contribution is 8.00. The van der Waals surface area contributed by atoms with Crippen molar-refractivity contribution in [2.45, 2.75) is 36.6 Å². The number of halogens is 3. The zero-order valence-corrected chi connectivity index (χ0v) is 22.6. The zero-order valence-electron chi connectivity index (χ0n) is 21.0. The van der Waals surface area contributed by atoms with Crippen LogP contribution < -0.4 is 9.47 Å². The molecule has 0 saturated carbocycles. The molecule has 1 fully saturated rings. The maximum atomic E-state index is 13.5. The first kappa shape index (κ1) is 27.9. The molecule has 202 valence electrons. The third kappa shape index (κ3) is 6.11. The lowest BCUT2D eigenvalue weighted by molar-refractivity contribution is -0.142. The quantitative estimate of drug-likeness (QED) is 0.208. The molecule has 4 rings (SSSR count). The number of aromatic amines is 1. The number of hydrogen-bond acceptors (Lipinski definition) is 9. The highest BCUT2D eigenvalue weighted by Crippen LogP contribution is 2.41. The summed E-state index contributed by atoms with van der Waals surface area (Å²) in [6.45, 7) is 4.13. The summed E-state index contributed by atoms with van der Waals surface area (Å²) < 4.78 is 43.5. The van der Waals surface area contributed by atoms with Gasteiger partial charge in [0.25, 0.3) is 5.92 Å². The Balaban J connectivity index is 1.69. The lowest BCUT2D eigenvalue weighted by atomic mass is 10.1. The van der Waals surface area contributed by atoms with Gasteiger partial charge < -0.3 is 19.2 Å². The number of nitrogens with zero attached hydrogens (tertiary/aromatic N) is 4. The molecule has 0 spiro atoms. The summed E-state index contributed by atoms with van der Waals surface area (Å²) in [5.74, 6) is -2.39. The second-order valence-electron chi connectivity index (χ2n) is 8.62. The predicted octanol–water partition coefficient (Wildman–Crippen LogP) is 4.92. The molecule has 1 aliphatic rings. The molecule has 1 aliphatic heterocycles. The number of ether oxygens (including phenoxy) is 3. The highest BCUT2D eigenvalue weighted by Gasteiger charge is 2.37. The van der Waals surface area contributed by atoms with Crippen LogP contribution in [0.2, 0.25) is 5.02 Å². The molecule has 1 unspecified atom stereocenters. The maximum absolute atomic E-state index is 13.5. The number of alkyl halides is 2. The average molecular weight is 566 g/mol. The van der Waals surface area contributed by atoms with Crippen LogP contribution in [0.5, 0.6) is 11.5 Å². The fraction of sp³-hybridized carbons (Fsp3) is 0.440. The molecular weight excluding hydrogens is 540 g/mol. The number of H-pyrrole nitrogens is 1. The Morgan fingerprint density at radius 3 is 2.82 bits per heavy atom. The molecule has 1 aromatic carbocycles. The number of carbonyl (C=O) groups excluding carboxylic acids is 1. The normalized spacial score (nSPS) is 15.8. The molecule has 0 aliphatic carbocycles. The van der Waals surface area contributed by atoms with Gasteiger partial charge in [-0.3, -0.25) is 9.69 Å². The van der Waals surface area contributed by atoms with Gasteiger partial charge >= 0.3 is 5.97 Å². The summed E-state index contributed by atoms with van der Waals surface area (Å²) in [5, 5.41) is 10.1. The van der Waals surface area contributed by atoms with E-state index in [1.165, 1.54) is 13.3 Å². The van der Waals surface area contributed by atoms with E-state index in [1.807, 2.05) is 0 Å². The lowest BCUT2D eigenvalue weighted by Gasteiger charge is -2.18. The first-order valence-electron chi connectivity index (χ1n) is 11.9. The molecule has 3 heterocycles. The summed E-state index contributed by atoms with van der Waals surface area (Å²) in [7, 11) is 1.47. The molecule has 13 heteroatoms. The van der Waals surface area contributed by atoms with Crippen molar-refractivity contribution in [2.75, 3.05) is 40.0 Å². The van der Waals surface area contributed by atoms with E-state index in [2.05, 4.69) is 21.0 Å². The number of thioether (sulfide) groups is 1. The number of hydrogen-bond donors (Lipinski definition) is 1. The van der Waals surface area contributed by atoms with Gasteiger partial charge in [0.1, 0.15) is 23.6 Å². The number of esters is 1. The molecule has 1 atom stereocenters. The van der Waals surface area contributed by atoms with E-state index in [0.29, 0.717) is 52.4 Å². The minimum Gasteiger partial charge on any atom is -0.493 e. The monoisotopic (exact) mass is 565 g/mol. The second-order valence-corrected chi connectivity index (χ2v) is 10.3.